The molecule has 0 fully saturated rings. The second kappa shape index (κ2) is 3.57. The highest BCUT2D eigenvalue weighted by Crippen LogP contribution is 2.28. The Morgan fingerprint density at radius 3 is 3.14 bits per heavy atom. The number of rotatable bonds is 1. The van der Waals surface area contributed by atoms with Crippen LogP contribution in [-0.4, -0.2) is 24.5 Å². The van der Waals surface area contributed by atoms with Crippen molar-refractivity contribution in [3.63, 3.8) is 0 Å². The van der Waals surface area contributed by atoms with Crippen LogP contribution < -0.4 is 4.74 Å². The molecule has 0 aliphatic carbocycles. The number of nitrogens with zero attached hydrogens (tertiary/aromatic N) is 1. The van der Waals surface area contributed by atoms with Crippen LogP contribution in [-0.2, 0) is 4.84 Å². The highest BCUT2D eigenvalue weighted by molar-refractivity contribution is 6.03. The molecule has 74 valence electrons. The molecule has 14 heavy (non-hydrogen) atoms. The monoisotopic (exact) mass is 193 g/mol. The van der Waals surface area contributed by atoms with Crippen LogP contribution in [0.4, 0.5) is 0 Å². The number of phenols is 1. The number of oxime groups is 1. The number of aromatic hydroxyl groups is 1. The molecule has 4 nitrogen and oxygen atoms in total. The first kappa shape index (κ1) is 8.87. The Kier molecular flexibility index (Phi) is 2.26. The van der Waals surface area contributed by atoms with E-state index in [9.17, 15) is 5.11 Å². The SMILES string of the molecule is CON=C1CCOc2cc(O)ccc21. The summed E-state index contributed by atoms with van der Waals surface area (Å²) < 4.78 is 5.38. The fourth-order valence-electron chi connectivity index (χ4n) is 1.47. The van der Waals surface area contributed by atoms with E-state index in [2.05, 4.69) is 5.16 Å². The van der Waals surface area contributed by atoms with Gasteiger partial charge in [0.15, 0.2) is 0 Å². The lowest BCUT2D eigenvalue weighted by Crippen LogP contribution is -2.16. The largest absolute Gasteiger partial charge is 0.508 e. The number of benzene rings is 1. The van der Waals surface area contributed by atoms with Gasteiger partial charge in [-0.3, -0.25) is 0 Å². The molecule has 0 spiro atoms. The first-order valence-corrected chi connectivity index (χ1v) is 4.37. The lowest BCUT2D eigenvalue weighted by molar-refractivity contribution is 0.210. The molecule has 0 unspecified atom stereocenters. The Morgan fingerprint density at radius 2 is 2.36 bits per heavy atom. The minimum absolute atomic E-state index is 0.197. The van der Waals surface area contributed by atoms with Gasteiger partial charge in [0.1, 0.15) is 18.6 Å². The van der Waals surface area contributed by atoms with Crippen molar-refractivity contribution in [1.82, 2.24) is 0 Å². The standard InChI is InChI=1S/C10H11NO3/c1-13-11-9-4-5-14-10-6-7(12)2-3-8(9)10/h2-3,6,12H,4-5H2,1H3. The van der Waals surface area contributed by atoms with E-state index < -0.39 is 0 Å². The van der Waals surface area contributed by atoms with Gasteiger partial charge in [-0.15, -0.1) is 0 Å². The Balaban J connectivity index is 2.45. The van der Waals surface area contributed by atoms with Crippen LogP contribution in [0.25, 0.3) is 0 Å². The van der Waals surface area contributed by atoms with Crippen molar-refractivity contribution in [2.24, 2.45) is 5.16 Å². The van der Waals surface area contributed by atoms with Crippen molar-refractivity contribution < 1.29 is 14.7 Å². The Morgan fingerprint density at radius 1 is 1.50 bits per heavy atom. The molecule has 0 bridgehead atoms. The minimum Gasteiger partial charge on any atom is -0.508 e. The van der Waals surface area contributed by atoms with E-state index in [1.165, 1.54) is 7.11 Å². The van der Waals surface area contributed by atoms with Crippen LogP contribution in [0.1, 0.15) is 12.0 Å². The van der Waals surface area contributed by atoms with Crippen molar-refractivity contribution >= 4 is 5.71 Å². The summed E-state index contributed by atoms with van der Waals surface area (Å²) in [4.78, 5) is 4.74. The summed E-state index contributed by atoms with van der Waals surface area (Å²) in [6, 6.07) is 4.97. The fraction of sp³-hybridized carbons (Fsp3) is 0.300. The van der Waals surface area contributed by atoms with Gasteiger partial charge in [0.2, 0.25) is 0 Å². The molecule has 0 atom stereocenters. The summed E-state index contributed by atoms with van der Waals surface area (Å²) in [5.41, 5.74) is 1.74. The van der Waals surface area contributed by atoms with E-state index >= 15 is 0 Å². The summed E-state index contributed by atoms with van der Waals surface area (Å²) in [7, 11) is 1.52. The number of phenolic OH excluding ortho intramolecular Hbond substituents is 1. The molecular weight excluding hydrogens is 182 g/mol. The minimum atomic E-state index is 0.197. The highest BCUT2D eigenvalue weighted by Gasteiger charge is 2.17. The summed E-state index contributed by atoms with van der Waals surface area (Å²) >= 11 is 0. The zero-order valence-electron chi connectivity index (χ0n) is 7.86. The van der Waals surface area contributed by atoms with Gasteiger partial charge >= 0.3 is 0 Å². The molecular formula is C10H11NO3. The number of ether oxygens (including phenoxy) is 1. The zero-order chi connectivity index (χ0) is 9.97. The third-order valence-electron chi connectivity index (χ3n) is 2.07. The van der Waals surface area contributed by atoms with Gasteiger partial charge in [-0.05, 0) is 12.1 Å². The van der Waals surface area contributed by atoms with Crippen molar-refractivity contribution in [2.75, 3.05) is 13.7 Å². The van der Waals surface area contributed by atoms with Gasteiger partial charge in [0.25, 0.3) is 0 Å². The smallest absolute Gasteiger partial charge is 0.132 e. The average molecular weight is 193 g/mol. The molecule has 0 saturated heterocycles. The number of hydrogen-bond acceptors (Lipinski definition) is 4. The van der Waals surface area contributed by atoms with Crippen molar-refractivity contribution in [3.05, 3.63) is 23.8 Å². The van der Waals surface area contributed by atoms with E-state index in [-0.39, 0.29) is 5.75 Å². The predicted molar refractivity (Wildman–Crippen MR) is 51.8 cm³/mol. The van der Waals surface area contributed by atoms with Crippen LogP contribution in [0, 0.1) is 0 Å². The molecule has 1 aromatic rings. The van der Waals surface area contributed by atoms with Crippen LogP contribution in [0.3, 0.4) is 0 Å². The maximum atomic E-state index is 9.25. The average Bonchev–Trinajstić information content (AvgIpc) is 2.18. The molecule has 1 aromatic carbocycles. The lowest BCUT2D eigenvalue weighted by Gasteiger charge is -2.18. The fourth-order valence-corrected chi connectivity index (χ4v) is 1.47. The number of hydrogen-bond donors (Lipinski definition) is 1. The molecule has 1 aliphatic rings. The van der Waals surface area contributed by atoms with Gasteiger partial charge in [-0.2, -0.15) is 0 Å². The van der Waals surface area contributed by atoms with E-state index in [0.717, 1.165) is 17.7 Å². The van der Waals surface area contributed by atoms with E-state index in [1.54, 1.807) is 18.2 Å². The van der Waals surface area contributed by atoms with Crippen molar-refractivity contribution in [2.45, 2.75) is 6.42 Å². The van der Waals surface area contributed by atoms with Crippen LogP contribution in [0.5, 0.6) is 11.5 Å². The molecule has 1 heterocycles. The van der Waals surface area contributed by atoms with Crippen molar-refractivity contribution in [1.29, 1.82) is 0 Å². The topological polar surface area (TPSA) is 51.0 Å². The van der Waals surface area contributed by atoms with Crippen molar-refractivity contribution in [3.8, 4) is 11.5 Å². The van der Waals surface area contributed by atoms with Crippen LogP contribution in [0.2, 0.25) is 0 Å². The quantitative estimate of drug-likeness (QED) is 0.688. The van der Waals surface area contributed by atoms with Gasteiger partial charge in [0, 0.05) is 18.1 Å². The second-order valence-corrected chi connectivity index (χ2v) is 3.00. The van der Waals surface area contributed by atoms with Gasteiger partial charge in [-0.25, -0.2) is 0 Å². The van der Waals surface area contributed by atoms with E-state index in [1.807, 2.05) is 0 Å². The molecule has 4 heteroatoms. The van der Waals surface area contributed by atoms with Gasteiger partial charge in [-0.1, -0.05) is 5.16 Å². The molecule has 1 aliphatic heterocycles. The number of fused-ring (bicyclic) bond motifs is 1. The second-order valence-electron chi connectivity index (χ2n) is 3.00. The first-order chi connectivity index (χ1) is 6.81. The van der Waals surface area contributed by atoms with E-state index in [0.29, 0.717) is 12.4 Å². The molecule has 1 N–H and O–H groups in total. The van der Waals surface area contributed by atoms with Gasteiger partial charge < -0.3 is 14.7 Å². The third-order valence-corrected chi connectivity index (χ3v) is 2.07. The molecule has 0 radical (unpaired) electrons. The molecule has 0 aromatic heterocycles. The third kappa shape index (κ3) is 1.51. The Bertz CT molecular complexity index is 374. The summed E-state index contributed by atoms with van der Waals surface area (Å²) in [5, 5.41) is 13.2. The first-order valence-electron chi connectivity index (χ1n) is 4.37. The zero-order valence-corrected chi connectivity index (χ0v) is 7.86. The molecule has 2 rings (SSSR count). The summed E-state index contributed by atoms with van der Waals surface area (Å²) in [5.74, 6) is 0.856. The molecule has 0 saturated carbocycles. The summed E-state index contributed by atoms with van der Waals surface area (Å²) in [6.07, 6.45) is 0.728. The molecule has 0 amide bonds. The highest BCUT2D eigenvalue weighted by atomic mass is 16.6. The Labute approximate surface area is 81.8 Å². The van der Waals surface area contributed by atoms with Gasteiger partial charge in [0.05, 0.1) is 12.3 Å². The lowest BCUT2D eigenvalue weighted by atomic mass is 10.0. The van der Waals surface area contributed by atoms with Crippen LogP contribution in [0.15, 0.2) is 23.4 Å². The normalized spacial score (nSPS) is 17.4. The summed E-state index contributed by atoms with van der Waals surface area (Å²) in [6.45, 7) is 0.568. The predicted octanol–water partition coefficient (Wildman–Crippen LogP) is 1.53. The van der Waals surface area contributed by atoms with E-state index in [4.69, 9.17) is 9.57 Å². The maximum absolute atomic E-state index is 9.25. The van der Waals surface area contributed by atoms with Crippen LogP contribution >= 0.6 is 0 Å². The maximum Gasteiger partial charge on any atom is 0.132 e. The Hall–Kier alpha value is -1.71.